The van der Waals surface area contributed by atoms with Gasteiger partial charge in [-0.1, -0.05) is 6.92 Å². The van der Waals surface area contributed by atoms with Crippen LogP contribution in [0.25, 0.3) is 0 Å². The third-order valence-electron chi connectivity index (χ3n) is 3.90. The van der Waals surface area contributed by atoms with Crippen LogP contribution in [0.1, 0.15) is 49.5 Å². The van der Waals surface area contributed by atoms with Crippen molar-refractivity contribution in [2.45, 2.75) is 45.4 Å². The van der Waals surface area contributed by atoms with E-state index in [4.69, 9.17) is 9.15 Å². The van der Waals surface area contributed by atoms with Crippen LogP contribution in [0.5, 0.6) is 0 Å². The number of ether oxygens (including phenoxy) is 2. The number of esters is 1. The summed E-state index contributed by atoms with van der Waals surface area (Å²) in [6, 6.07) is 4.02. The van der Waals surface area contributed by atoms with Crippen molar-refractivity contribution in [2.24, 2.45) is 0 Å². The molecule has 3 atom stereocenters. The van der Waals surface area contributed by atoms with Gasteiger partial charge >= 0.3 is 5.97 Å². The van der Waals surface area contributed by atoms with Crippen LogP contribution in [0.4, 0.5) is 0 Å². The SMILES string of the molecule is CCC1COC(C)CN1C(C)c1ccc(C(=O)OC)o1. The summed E-state index contributed by atoms with van der Waals surface area (Å²) in [7, 11) is 1.35. The molecule has 0 bridgehead atoms. The number of hydrogen-bond donors (Lipinski definition) is 0. The molecule has 0 aromatic carbocycles. The molecule has 0 amide bonds. The standard InChI is InChI=1S/C15H23NO4/c1-5-12-9-19-10(2)8-16(12)11(3)13-6-7-14(20-13)15(17)18-4/h6-7,10-12H,5,8-9H2,1-4H3. The van der Waals surface area contributed by atoms with E-state index in [1.54, 1.807) is 6.07 Å². The highest BCUT2D eigenvalue weighted by Crippen LogP contribution is 2.28. The number of furan rings is 1. The van der Waals surface area contributed by atoms with E-state index < -0.39 is 5.97 Å². The summed E-state index contributed by atoms with van der Waals surface area (Å²) >= 11 is 0. The minimum absolute atomic E-state index is 0.115. The fourth-order valence-corrected chi connectivity index (χ4v) is 2.65. The van der Waals surface area contributed by atoms with Gasteiger partial charge in [0.05, 0.1) is 25.9 Å². The topological polar surface area (TPSA) is 51.9 Å². The van der Waals surface area contributed by atoms with E-state index in [9.17, 15) is 4.79 Å². The Balaban J connectivity index is 2.14. The summed E-state index contributed by atoms with van der Waals surface area (Å²) in [6.45, 7) is 7.94. The first-order chi connectivity index (χ1) is 9.56. The Labute approximate surface area is 119 Å². The molecule has 0 spiro atoms. The number of morpholine rings is 1. The molecular weight excluding hydrogens is 258 g/mol. The molecule has 5 nitrogen and oxygen atoms in total. The third kappa shape index (κ3) is 3.04. The lowest BCUT2D eigenvalue weighted by atomic mass is 10.1. The molecule has 1 fully saturated rings. The highest BCUT2D eigenvalue weighted by molar-refractivity contribution is 5.86. The Kier molecular flexibility index (Phi) is 4.83. The summed E-state index contributed by atoms with van der Waals surface area (Å²) in [5, 5.41) is 0. The summed E-state index contributed by atoms with van der Waals surface area (Å²) in [6.07, 6.45) is 1.25. The van der Waals surface area contributed by atoms with E-state index in [1.807, 2.05) is 6.07 Å². The number of rotatable bonds is 4. The molecule has 2 heterocycles. The second-order valence-electron chi connectivity index (χ2n) is 5.27. The molecule has 1 aliphatic rings. The van der Waals surface area contributed by atoms with E-state index in [0.29, 0.717) is 6.04 Å². The Bertz CT molecular complexity index is 456. The number of methoxy groups -OCH3 is 1. The highest BCUT2D eigenvalue weighted by atomic mass is 16.5. The first kappa shape index (κ1) is 15.1. The molecule has 1 aromatic rings. The maximum atomic E-state index is 11.4. The van der Waals surface area contributed by atoms with Gasteiger partial charge in [-0.05, 0) is 32.4 Å². The molecule has 0 N–H and O–H groups in total. The molecule has 5 heteroatoms. The monoisotopic (exact) mass is 281 g/mol. The fraction of sp³-hybridized carbons (Fsp3) is 0.667. The van der Waals surface area contributed by atoms with Crippen molar-refractivity contribution in [3.05, 3.63) is 23.7 Å². The largest absolute Gasteiger partial charge is 0.463 e. The van der Waals surface area contributed by atoms with Crippen LogP contribution in [0.15, 0.2) is 16.5 Å². The molecule has 3 unspecified atom stereocenters. The van der Waals surface area contributed by atoms with Gasteiger partial charge in [-0.2, -0.15) is 0 Å². The summed E-state index contributed by atoms with van der Waals surface area (Å²) in [5.41, 5.74) is 0. The highest BCUT2D eigenvalue weighted by Gasteiger charge is 2.31. The molecule has 20 heavy (non-hydrogen) atoms. The van der Waals surface area contributed by atoms with Gasteiger partial charge in [0, 0.05) is 12.6 Å². The van der Waals surface area contributed by atoms with Crippen molar-refractivity contribution in [2.75, 3.05) is 20.3 Å². The maximum absolute atomic E-state index is 11.4. The van der Waals surface area contributed by atoms with Crippen LogP contribution in [0.2, 0.25) is 0 Å². The van der Waals surface area contributed by atoms with Crippen molar-refractivity contribution < 1.29 is 18.7 Å². The lowest BCUT2D eigenvalue weighted by molar-refractivity contribution is -0.0733. The Morgan fingerprint density at radius 3 is 2.95 bits per heavy atom. The zero-order valence-corrected chi connectivity index (χ0v) is 12.6. The first-order valence-corrected chi connectivity index (χ1v) is 7.12. The Morgan fingerprint density at radius 1 is 1.55 bits per heavy atom. The van der Waals surface area contributed by atoms with Crippen molar-refractivity contribution in [3.63, 3.8) is 0 Å². The summed E-state index contributed by atoms with van der Waals surface area (Å²) < 4.78 is 16.0. The van der Waals surface area contributed by atoms with Gasteiger partial charge in [-0.25, -0.2) is 4.79 Å². The van der Waals surface area contributed by atoms with E-state index in [0.717, 1.165) is 25.3 Å². The molecule has 2 rings (SSSR count). The average molecular weight is 281 g/mol. The summed E-state index contributed by atoms with van der Waals surface area (Å²) in [4.78, 5) is 13.8. The predicted octanol–water partition coefficient (Wildman–Crippen LogP) is 2.63. The molecule has 112 valence electrons. The van der Waals surface area contributed by atoms with Gasteiger partial charge in [-0.15, -0.1) is 0 Å². The smallest absolute Gasteiger partial charge is 0.373 e. The zero-order chi connectivity index (χ0) is 14.7. The van der Waals surface area contributed by atoms with Gasteiger partial charge < -0.3 is 13.9 Å². The van der Waals surface area contributed by atoms with E-state index in [-0.39, 0.29) is 17.9 Å². The predicted molar refractivity (Wildman–Crippen MR) is 74.7 cm³/mol. The molecule has 0 saturated carbocycles. The lowest BCUT2D eigenvalue weighted by Gasteiger charge is -2.41. The quantitative estimate of drug-likeness (QED) is 0.794. The van der Waals surface area contributed by atoms with E-state index in [1.165, 1.54) is 7.11 Å². The van der Waals surface area contributed by atoms with Crippen LogP contribution in [-0.2, 0) is 9.47 Å². The van der Waals surface area contributed by atoms with Crippen molar-refractivity contribution in [1.29, 1.82) is 0 Å². The summed E-state index contributed by atoms with van der Waals surface area (Å²) in [5.74, 6) is 0.604. The number of hydrogen-bond acceptors (Lipinski definition) is 5. The fourth-order valence-electron chi connectivity index (χ4n) is 2.65. The lowest BCUT2D eigenvalue weighted by Crippen LogP contribution is -2.49. The molecule has 0 radical (unpaired) electrons. The third-order valence-corrected chi connectivity index (χ3v) is 3.90. The molecular formula is C15H23NO4. The van der Waals surface area contributed by atoms with Crippen LogP contribution < -0.4 is 0 Å². The van der Waals surface area contributed by atoms with Crippen LogP contribution in [0.3, 0.4) is 0 Å². The Morgan fingerprint density at radius 2 is 2.30 bits per heavy atom. The van der Waals surface area contributed by atoms with Crippen molar-refractivity contribution >= 4 is 5.97 Å². The van der Waals surface area contributed by atoms with Crippen molar-refractivity contribution in [3.8, 4) is 0 Å². The minimum Gasteiger partial charge on any atom is -0.463 e. The van der Waals surface area contributed by atoms with Crippen molar-refractivity contribution in [1.82, 2.24) is 4.90 Å². The minimum atomic E-state index is -0.439. The normalized spacial score (nSPS) is 25.4. The molecule has 1 saturated heterocycles. The number of nitrogens with zero attached hydrogens (tertiary/aromatic N) is 1. The van der Waals surface area contributed by atoms with Gasteiger partial charge in [0.15, 0.2) is 0 Å². The van der Waals surface area contributed by atoms with Crippen LogP contribution in [0, 0.1) is 0 Å². The maximum Gasteiger partial charge on any atom is 0.373 e. The zero-order valence-electron chi connectivity index (χ0n) is 12.6. The van der Waals surface area contributed by atoms with Crippen LogP contribution >= 0.6 is 0 Å². The van der Waals surface area contributed by atoms with E-state index in [2.05, 4.69) is 30.4 Å². The molecule has 1 aliphatic heterocycles. The van der Waals surface area contributed by atoms with Gasteiger partial charge in [-0.3, -0.25) is 4.90 Å². The van der Waals surface area contributed by atoms with Crippen LogP contribution in [-0.4, -0.2) is 43.3 Å². The second kappa shape index (κ2) is 6.41. The molecule has 0 aliphatic carbocycles. The Hall–Kier alpha value is -1.33. The second-order valence-corrected chi connectivity index (χ2v) is 5.27. The number of carbonyl (C=O) groups is 1. The number of carbonyl (C=O) groups excluding carboxylic acids is 1. The average Bonchev–Trinajstić information content (AvgIpc) is 2.95. The van der Waals surface area contributed by atoms with Gasteiger partial charge in [0.2, 0.25) is 5.76 Å². The molecule has 1 aromatic heterocycles. The first-order valence-electron chi connectivity index (χ1n) is 7.12. The van der Waals surface area contributed by atoms with Gasteiger partial charge in [0.25, 0.3) is 0 Å². The van der Waals surface area contributed by atoms with E-state index >= 15 is 0 Å². The van der Waals surface area contributed by atoms with Gasteiger partial charge in [0.1, 0.15) is 5.76 Å².